The van der Waals surface area contributed by atoms with E-state index >= 15 is 0 Å². The van der Waals surface area contributed by atoms with E-state index in [0.717, 1.165) is 11.8 Å². The molecule has 2 aromatic carbocycles. The van der Waals surface area contributed by atoms with Crippen molar-refractivity contribution in [1.82, 2.24) is 10.2 Å². The van der Waals surface area contributed by atoms with Crippen LogP contribution >= 0.6 is 0 Å². The highest BCUT2D eigenvalue weighted by Crippen LogP contribution is 2.28. The maximum Gasteiger partial charge on any atom is 0.317 e. The molecule has 0 aliphatic carbocycles. The molecule has 3 amide bonds. The summed E-state index contributed by atoms with van der Waals surface area (Å²) in [6.07, 6.45) is 1.12. The number of rotatable bonds is 9. The SMILES string of the molecule is COc1cc(NC(=O)CCNC(=O)N(C)Cc2ccccc2)ccc1NS(C)(=O)=O. The van der Waals surface area contributed by atoms with Gasteiger partial charge >= 0.3 is 6.03 Å². The largest absolute Gasteiger partial charge is 0.494 e. The molecule has 9 nitrogen and oxygen atoms in total. The van der Waals surface area contributed by atoms with Gasteiger partial charge < -0.3 is 20.3 Å². The highest BCUT2D eigenvalue weighted by Gasteiger charge is 2.12. The Morgan fingerprint density at radius 2 is 1.80 bits per heavy atom. The van der Waals surface area contributed by atoms with Crippen LogP contribution < -0.4 is 20.1 Å². The molecule has 0 radical (unpaired) electrons. The molecule has 30 heavy (non-hydrogen) atoms. The second kappa shape index (κ2) is 10.5. The van der Waals surface area contributed by atoms with Crippen molar-refractivity contribution < 1.29 is 22.7 Å². The summed E-state index contributed by atoms with van der Waals surface area (Å²) in [7, 11) is -0.375. The van der Waals surface area contributed by atoms with Gasteiger partial charge in [0.1, 0.15) is 5.75 Å². The average molecular weight is 435 g/mol. The highest BCUT2D eigenvalue weighted by atomic mass is 32.2. The third kappa shape index (κ3) is 7.63. The number of hydrogen-bond acceptors (Lipinski definition) is 5. The van der Waals surface area contributed by atoms with E-state index in [1.165, 1.54) is 24.1 Å². The lowest BCUT2D eigenvalue weighted by atomic mass is 10.2. The summed E-state index contributed by atoms with van der Waals surface area (Å²) in [6, 6.07) is 13.9. The van der Waals surface area contributed by atoms with Gasteiger partial charge in [0.15, 0.2) is 0 Å². The summed E-state index contributed by atoms with van der Waals surface area (Å²) in [4.78, 5) is 25.8. The van der Waals surface area contributed by atoms with Crippen molar-refractivity contribution >= 4 is 33.3 Å². The third-order valence-corrected chi connectivity index (χ3v) is 4.61. The molecule has 0 saturated carbocycles. The first-order chi connectivity index (χ1) is 14.2. The van der Waals surface area contributed by atoms with Crippen molar-refractivity contribution in [2.75, 3.05) is 37.0 Å². The number of benzene rings is 2. The molecule has 0 spiro atoms. The number of carbonyl (C=O) groups excluding carboxylic acids is 2. The molecular weight excluding hydrogens is 408 g/mol. The summed E-state index contributed by atoms with van der Waals surface area (Å²) >= 11 is 0. The minimum absolute atomic E-state index is 0.0799. The monoisotopic (exact) mass is 434 g/mol. The molecule has 0 aromatic heterocycles. The number of carbonyl (C=O) groups is 2. The zero-order valence-corrected chi connectivity index (χ0v) is 18.0. The summed E-state index contributed by atoms with van der Waals surface area (Å²) in [5.74, 6) is -0.0269. The van der Waals surface area contributed by atoms with Crippen molar-refractivity contribution in [2.24, 2.45) is 0 Å². The number of amides is 3. The first-order valence-electron chi connectivity index (χ1n) is 9.16. The van der Waals surface area contributed by atoms with Gasteiger partial charge in [-0.3, -0.25) is 9.52 Å². The van der Waals surface area contributed by atoms with Gasteiger partial charge in [0.2, 0.25) is 15.9 Å². The van der Waals surface area contributed by atoms with Crippen LogP contribution in [-0.4, -0.2) is 52.2 Å². The van der Waals surface area contributed by atoms with Gasteiger partial charge in [-0.15, -0.1) is 0 Å². The van der Waals surface area contributed by atoms with Crippen LogP contribution in [0.5, 0.6) is 5.75 Å². The molecule has 10 heteroatoms. The van der Waals surface area contributed by atoms with E-state index in [9.17, 15) is 18.0 Å². The molecule has 162 valence electrons. The molecule has 2 rings (SSSR count). The molecule has 0 bridgehead atoms. The minimum atomic E-state index is -3.45. The fourth-order valence-electron chi connectivity index (χ4n) is 2.62. The zero-order chi connectivity index (χ0) is 22.1. The standard InChI is InChI=1S/C20H26N4O5S/c1-24(14-15-7-5-4-6-8-15)20(26)21-12-11-19(25)22-16-9-10-17(18(13-16)29-2)23-30(3,27)28/h4-10,13,23H,11-12,14H2,1-3H3,(H,21,26)(H,22,25). The average Bonchev–Trinajstić information content (AvgIpc) is 2.68. The number of nitrogens with one attached hydrogen (secondary N) is 3. The predicted molar refractivity (Wildman–Crippen MR) is 116 cm³/mol. The molecule has 0 atom stereocenters. The van der Waals surface area contributed by atoms with E-state index in [1.807, 2.05) is 30.3 Å². The van der Waals surface area contributed by atoms with Crippen molar-refractivity contribution in [1.29, 1.82) is 0 Å². The van der Waals surface area contributed by atoms with Crippen LogP contribution in [0.2, 0.25) is 0 Å². The quantitative estimate of drug-likeness (QED) is 0.560. The number of hydrogen-bond donors (Lipinski definition) is 3. The number of methoxy groups -OCH3 is 1. The highest BCUT2D eigenvalue weighted by molar-refractivity contribution is 7.92. The molecule has 0 unspecified atom stereocenters. The van der Waals surface area contributed by atoms with Gasteiger partial charge in [-0.25, -0.2) is 13.2 Å². The molecule has 0 fully saturated rings. The summed E-state index contributed by atoms with van der Waals surface area (Å²) in [5.41, 5.74) is 1.73. The lowest BCUT2D eigenvalue weighted by molar-refractivity contribution is -0.116. The Kier molecular flexibility index (Phi) is 8.05. The van der Waals surface area contributed by atoms with Crippen LogP contribution in [0.4, 0.5) is 16.2 Å². The van der Waals surface area contributed by atoms with Crippen LogP contribution in [0.1, 0.15) is 12.0 Å². The number of nitrogens with zero attached hydrogens (tertiary/aromatic N) is 1. The van der Waals surface area contributed by atoms with Crippen molar-refractivity contribution in [3.8, 4) is 5.75 Å². The molecule has 0 aliphatic rings. The Hall–Kier alpha value is -3.27. The Labute approximate surface area is 176 Å². The smallest absolute Gasteiger partial charge is 0.317 e. The van der Waals surface area contributed by atoms with E-state index in [1.54, 1.807) is 13.1 Å². The van der Waals surface area contributed by atoms with E-state index in [0.29, 0.717) is 12.2 Å². The van der Waals surface area contributed by atoms with Crippen molar-refractivity contribution in [3.63, 3.8) is 0 Å². The third-order valence-electron chi connectivity index (χ3n) is 4.02. The van der Waals surface area contributed by atoms with E-state index in [2.05, 4.69) is 15.4 Å². The number of sulfonamides is 1. The summed E-state index contributed by atoms with van der Waals surface area (Å²) < 4.78 is 30.3. The van der Waals surface area contributed by atoms with Gasteiger partial charge in [0.05, 0.1) is 19.1 Å². The van der Waals surface area contributed by atoms with Gasteiger partial charge in [-0.1, -0.05) is 30.3 Å². The van der Waals surface area contributed by atoms with Crippen LogP contribution in [0, 0.1) is 0 Å². The molecule has 0 heterocycles. The Balaban J connectivity index is 1.82. The first kappa shape index (κ1) is 23.0. The van der Waals surface area contributed by atoms with Crippen molar-refractivity contribution in [3.05, 3.63) is 54.1 Å². The lowest BCUT2D eigenvalue weighted by Crippen LogP contribution is -2.38. The fraction of sp³-hybridized carbons (Fsp3) is 0.300. The predicted octanol–water partition coefficient (Wildman–Crippen LogP) is 2.24. The van der Waals surface area contributed by atoms with E-state index in [-0.39, 0.29) is 36.3 Å². The number of ether oxygens (including phenoxy) is 1. The number of anilines is 2. The van der Waals surface area contributed by atoms with Crippen LogP contribution in [0.3, 0.4) is 0 Å². The topological polar surface area (TPSA) is 117 Å². The minimum Gasteiger partial charge on any atom is -0.494 e. The van der Waals surface area contributed by atoms with Gasteiger partial charge in [0.25, 0.3) is 0 Å². The maximum absolute atomic E-state index is 12.1. The Bertz CT molecular complexity index is 980. The molecule has 3 N–H and O–H groups in total. The van der Waals surface area contributed by atoms with Crippen LogP contribution in [0.15, 0.2) is 48.5 Å². The Morgan fingerprint density at radius 3 is 2.43 bits per heavy atom. The van der Waals surface area contributed by atoms with E-state index < -0.39 is 10.0 Å². The molecule has 2 aromatic rings. The first-order valence-corrected chi connectivity index (χ1v) is 11.1. The van der Waals surface area contributed by atoms with Gasteiger partial charge in [-0.05, 0) is 17.7 Å². The summed E-state index contributed by atoms with van der Waals surface area (Å²) in [5, 5.41) is 5.39. The normalized spacial score (nSPS) is 10.8. The maximum atomic E-state index is 12.1. The Morgan fingerprint density at radius 1 is 1.10 bits per heavy atom. The second-order valence-corrected chi connectivity index (χ2v) is 8.41. The van der Waals surface area contributed by atoms with Gasteiger partial charge in [-0.2, -0.15) is 0 Å². The van der Waals surface area contributed by atoms with E-state index in [4.69, 9.17) is 4.74 Å². The molecule has 0 aliphatic heterocycles. The lowest BCUT2D eigenvalue weighted by Gasteiger charge is -2.18. The van der Waals surface area contributed by atoms with Crippen molar-refractivity contribution in [2.45, 2.75) is 13.0 Å². The zero-order valence-electron chi connectivity index (χ0n) is 17.1. The molecule has 0 saturated heterocycles. The second-order valence-electron chi connectivity index (χ2n) is 6.66. The van der Waals surface area contributed by atoms with Gasteiger partial charge in [0, 0.05) is 38.3 Å². The summed E-state index contributed by atoms with van der Waals surface area (Å²) in [6.45, 7) is 0.640. The molecular formula is C20H26N4O5S. The van der Waals surface area contributed by atoms with Crippen LogP contribution in [0.25, 0.3) is 0 Å². The van der Waals surface area contributed by atoms with Crippen LogP contribution in [-0.2, 0) is 21.4 Å². The number of urea groups is 1. The fourth-order valence-corrected chi connectivity index (χ4v) is 3.19.